The Morgan fingerprint density at radius 3 is 2.56 bits per heavy atom. The Kier molecular flexibility index (Phi) is 3.00. The van der Waals surface area contributed by atoms with E-state index in [9.17, 15) is 13.5 Å². The Balaban J connectivity index is 2.31. The first-order valence-corrected chi connectivity index (χ1v) is 7.13. The van der Waals surface area contributed by atoms with E-state index in [2.05, 4.69) is 0 Å². The molecule has 0 bridgehead atoms. The van der Waals surface area contributed by atoms with Crippen molar-refractivity contribution in [2.24, 2.45) is 5.14 Å². The van der Waals surface area contributed by atoms with Crippen molar-refractivity contribution >= 4 is 21.4 Å². The van der Waals surface area contributed by atoms with Crippen LogP contribution in [0.1, 0.15) is 13.3 Å². The van der Waals surface area contributed by atoms with Crippen molar-refractivity contribution in [2.75, 3.05) is 23.7 Å². The summed E-state index contributed by atoms with van der Waals surface area (Å²) in [5.41, 5.74) is 5.90. The molecule has 1 aliphatic heterocycles. The first-order valence-electron chi connectivity index (χ1n) is 5.59. The normalized spacial score (nSPS) is 24.5. The Bertz CT molecular complexity index is 569. The molecule has 5 N–H and O–H groups in total. The second-order valence-electron chi connectivity index (χ2n) is 4.94. The number of hydrogen-bond acceptors (Lipinski definition) is 5. The predicted molar refractivity (Wildman–Crippen MR) is 69.7 cm³/mol. The summed E-state index contributed by atoms with van der Waals surface area (Å²) in [4.78, 5) is 1.89. The van der Waals surface area contributed by atoms with Crippen molar-refractivity contribution < 1.29 is 13.5 Å². The van der Waals surface area contributed by atoms with E-state index in [-0.39, 0.29) is 10.6 Å². The molecule has 1 heterocycles. The minimum absolute atomic E-state index is 0.0720. The van der Waals surface area contributed by atoms with Gasteiger partial charge in [-0.25, -0.2) is 13.6 Å². The number of nitrogens with zero attached hydrogens (tertiary/aromatic N) is 1. The lowest BCUT2D eigenvalue weighted by Crippen LogP contribution is -2.29. The minimum Gasteiger partial charge on any atom is -0.398 e. The van der Waals surface area contributed by atoms with Crippen molar-refractivity contribution in [2.45, 2.75) is 23.8 Å². The summed E-state index contributed by atoms with van der Waals surface area (Å²) in [5, 5.41) is 14.9. The van der Waals surface area contributed by atoms with Gasteiger partial charge in [-0.15, -0.1) is 0 Å². The first-order chi connectivity index (χ1) is 8.19. The first kappa shape index (κ1) is 13.1. The van der Waals surface area contributed by atoms with Gasteiger partial charge in [0, 0.05) is 18.8 Å². The maximum atomic E-state index is 11.2. The van der Waals surface area contributed by atoms with Crippen molar-refractivity contribution in [1.29, 1.82) is 0 Å². The number of aliphatic hydroxyl groups is 1. The smallest absolute Gasteiger partial charge is 0.240 e. The number of rotatable bonds is 2. The highest BCUT2D eigenvalue weighted by atomic mass is 32.2. The molecule has 6 nitrogen and oxygen atoms in total. The topological polar surface area (TPSA) is 110 Å². The van der Waals surface area contributed by atoms with Crippen LogP contribution in [-0.2, 0) is 10.0 Å². The number of sulfonamides is 1. The fourth-order valence-electron chi connectivity index (χ4n) is 2.16. The van der Waals surface area contributed by atoms with E-state index in [1.165, 1.54) is 6.07 Å². The van der Waals surface area contributed by atoms with Crippen molar-refractivity contribution in [1.82, 2.24) is 0 Å². The molecule has 1 aromatic rings. The zero-order valence-electron chi connectivity index (χ0n) is 10.1. The van der Waals surface area contributed by atoms with E-state index in [1.54, 1.807) is 19.1 Å². The minimum atomic E-state index is -3.79. The van der Waals surface area contributed by atoms with Gasteiger partial charge in [0.2, 0.25) is 10.0 Å². The SMILES string of the molecule is CC1(O)CCN(c2ccc(S(N)(=O)=O)c(N)c2)C1. The van der Waals surface area contributed by atoms with Gasteiger partial charge in [-0.05, 0) is 31.5 Å². The zero-order chi connectivity index (χ0) is 13.6. The van der Waals surface area contributed by atoms with Gasteiger partial charge in [-0.1, -0.05) is 0 Å². The zero-order valence-corrected chi connectivity index (χ0v) is 10.9. The second-order valence-corrected chi connectivity index (χ2v) is 6.47. The van der Waals surface area contributed by atoms with Gasteiger partial charge >= 0.3 is 0 Å². The number of β-amino-alcohol motifs (C(OH)–C–C–N with tert-alkyl or cyclic N) is 1. The second kappa shape index (κ2) is 4.11. The maximum absolute atomic E-state index is 11.2. The summed E-state index contributed by atoms with van der Waals surface area (Å²) >= 11 is 0. The predicted octanol–water partition coefficient (Wildman–Crippen LogP) is -0.123. The van der Waals surface area contributed by atoms with E-state index in [0.717, 1.165) is 5.69 Å². The Hall–Kier alpha value is -1.31. The molecule has 7 heteroatoms. The molecular formula is C11H17N3O3S. The van der Waals surface area contributed by atoms with Crippen LogP contribution in [0.4, 0.5) is 11.4 Å². The summed E-state index contributed by atoms with van der Waals surface area (Å²) < 4.78 is 22.5. The van der Waals surface area contributed by atoms with Gasteiger partial charge < -0.3 is 15.7 Å². The summed E-state index contributed by atoms with van der Waals surface area (Å²) in [6.07, 6.45) is 0.670. The van der Waals surface area contributed by atoms with Crippen molar-refractivity contribution in [3.8, 4) is 0 Å². The highest BCUT2D eigenvalue weighted by Gasteiger charge is 2.31. The molecule has 2 rings (SSSR count). The standard InChI is InChI=1S/C11H17N3O3S/c1-11(15)4-5-14(7-11)8-2-3-10(9(12)6-8)18(13,16)17/h2-3,6,15H,4-5,7,12H2,1H3,(H2,13,16,17). The van der Waals surface area contributed by atoms with E-state index in [4.69, 9.17) is 10.9 Å². The number of anilines is 2. The Labute approximate surface area is 106 Å². The van der Waals surface area contributed by atoms with Crippen molar-refractivity contribution in [3.05, 3.63) is 18.2 Å². The van der Waals surface area contributed by atoms with E-state index in [1.807, 2.05) is 4.90 Å². The Morgan fingerprint density at radius 1 is 1.44 bits per heavy atom. The molecule has 1 fully saturated rings. The third-order valence-electron chi connectivity index (χ3n) is 3.12. The molecule has 1 atom stereocenters. The lowest BCUT2D eigenvalue weighted by molar-refractivity contribution is 0.0839. The summed E-state index contributed by atoms with van der Waals surface area (Å²) in [6.45, 7) is 2.98. The number of nitrogen functional groups attached to an aromatic ring is 1. The van der Waals surface area contributed by atoms with E-state index >= 15 is 0 Å². The van der Waals surface area contributed by atoms with Crippen molar-refractivity contribution in [3.63, 3.8) is 0 Å². The lowest BCUT2D eigenvalue weighted by atomic mass is 10.1. The fourth-order valence-corrected chi connectivity index (χ4v) is 2.80. The molecule has 1 saturated heterocycles. The van der Waals surface area contributed by atoms with Crippen LogP contribution in [0.3, 0.4) is 0 Å². The van der Waals surface area contributed by atoms with Gasteiger partial charge in [0.05, 0.1) is 11.3 Å². The van der Waals surface area contributed by atoms with Crippen LogP contribution >= 0.6 is 0 Å². The van der Waals surface area contributed by atoms with Gasteiger partial charge in [0.25, 0.3) is 0 Å². The van der Waals surface area contributed by atoms with E-state index in [0.29, 0.717) is 19.5 Å². The summed E-state index contributed by atoms with van der Waals surface area (Å²) in [5.74, 6) is 0. The molecule has 1 aromatic carbocycles. The molecule has 0 aromatic heterocycles. The van der Waals surface area contributed by atoms with Crippen LogP contribution in [0.5, 0.6) is 0 Å². The number of nitrogens with two attached hydrogens (primary N) is 2. The van der Waals surface area contributed by atoms with Gasteiger partial charge in [-0.3, -0.25) is 0 Å². The third-order valence-corrected chi connectivity index (χ3v) is 4.10. The van der Waals surface area contributed by atoms with Gasteiger partial charge in [0.1, 0.15) is 4.90 Å². The number of hydrogen-bond donors (Lipinski definition) is 3. The van der Waals surface area contributed by atoms with Crippen LogP contribution in [-0.4, -0.2) is 32.2 Å². The number of primary sulfonamides is 1. The van der Waals surface area contributed by atoms with Gasteiger partial charge in [-0.2, -0.15) is 0 Å². The molecule has 0 saturated carbocycles. The number of benzene rings is 1. The molecule has 1 aliphatic rings. The third kappa shape index (κ3) is 2.58. The lowest BCUT2D eigenvalue weighted by Gasteiger charge is -2.21. The molecule has 1 unspecified atom stereocenters. The average molecular weight is 271 g/mol. The maximum Gasteiger partial charge on any atom is 0.240 e. The molecule has 0 aliphatic carbocycles. The largest absolute Gasteiger partial charge is 0.398 e. The van der Waals surface area contributed by atoms with E-state index < -0.39 is 15.6 Å². The monoisotopic (exact) mass is 271 g/mol. The fraction of sp³-hybridized carbons (Fsp3) is 0.455. The van der Waals surface area contributed by atoms with Crippen LogP contribution in [0, 0.1) is 0 Å². The molecular weight excluding hydrogens is 254 g/mol. The highest BCUT2D eigenvalue weighted by Crippen LogP contribution is 2.29. The molecule has 18 heavy (non-hydrogen) atoms. The Morgan fingerprint density at radius 2 is 2.11 bits per heavy atom. The molecule has 100 valence electrons. The average Bonchev–Trinajstić information content (AvgIpc) is 2.56. The van der Waals surface area contributed by atoms with Crippen LogP contribution in [0.15, 0.2) is 23.1 Å². The molecule has 0 radical (unpaired) electrons. The van der Waals surface area contributed by atoms with Crippen LogP contribution < -0.4 is 15.8 Å². The highest BCUT2D eigenvalue weighted by molar-refractivity contribution is 7.89. The molecule has 0 amide bonds. The van der Waals surface area contributed by atoms with Crippen LogP contribution in [0.25, 0.3) is 0 Å². The summed E-state index contributed by atoms with van der Waals surface area (Å²) in [7, 11) is -3.79. The van der Waals surface area contributed by atoms with Gasteiger partial charge in [0.15, 0.2) is 0 Å². The quantitative estimate of drug-likeness (QED) is 0.649. The summed E-state index contributed by atoms with van der Waals surface area (Å²) in [6, 6.07) is 4.62. The van der Waals surface area contributed by atoms with Crippen LogP contribution in [0.2, 0.25) is 0 Å². The molecule has 0 spiro atoms.